The standard InChI is InChI=1S/C16H26BrNS/c1-4-12-8-6-7-9-13(12)15(18-5-2)14-10-11(3)16(17)19-14/h10,12-13,15,18H,4-9H2,1-3H3. The van der Waals surface area contributed by atoms with E-state index in [1.165, 1.54) is 46.3 Å². The Kier molecular flexibility index (Phi) is 5.91. The first-order valence-corrected chi connectivity index (χ1v) is 9.27. The van der Waals surface area contributed by atoms with E-state index in [9.17, 15) is 0 Å². The van der Waals surface area contributed by atoms with Gasteiger partial charge in [-0.05, 0) is 59.3 Å². The van der Waals surface area contributed by atoms with E-state index in [1.807, 2.05) is 11.3 Å². The van der Waals surface area contributed by atoms with Crippen molar-refractivity contribution in [2.24, 2.45) is 11.8 Å². The summed E-state index contributed by atoms with van der Waals surface area (Å²) >= 11 is 5.61. The van der Waals surface area contributed by atoms with E-state index in [2.05, 4.69) is 48.1 Å². The van der Waals surface area contributed by atoms with Gasteiger partial charge < -0.3 is 5.32 Å². The van der Waals surface area contributed by atoms with E-state index < -0.39 is 0 Å². The van der Waals surface area contributed by atoms with Gasteiger partial charge in [0.15, 0.2) is 0 Å². The number of hydrogen-bond donors (Lipinski definition) is 1. The Morgan fingerprint density at radius 1 is 1.37 bits per heavy atom. The van der Waals surface area contributed by atoms with Crippen LogP contribution in [-0.4, -0.2) is 6.54 Å². The fourth-order valence-corrected chi connectivity index (χ4v) is 5.22. The Morgan fingerprint density at radius 3 is 2.68 bits per heavy atom. The molecule has 0 radical (unpaired) electrons. The van der Waals surface area contributed by atoms with Crippen LogP contribution in [0.1, 0.15) is 62.4 Å². The maximum atomic E-state index is 3.76. The number of halogens is 1. The summed E-state index contributed by atoms with van der Waals surface area (Å²) in [5, 5.41) is 3.76. The van der Waals surface area contributed by atoms with Crippen LogP contribution < -0.4 is 5.32 Å². The second-order valence-corrected chi connectivity index (χ2v) is 8.16. The number of hydrogen-bond acceptors (Lipinski definition) is 2. The minimum absolute atomic E-state index is 0.560. The number of nitrogens with one attached hydrogen (secondary N) is 1. The van der Waals surface area contributed by atoms with Crippen LogP contribution in [0, 0.1) is 18.8 Å². The largest absolute Gasteiger partial charge is 0.309 e. The molecule has 3 heteroatoms. The Morgan fingerprint density at radius 2 is 2.11 bits per heavy atom. The minimum atomic E-state index is 0.560. The molecule has 1 aromatic heterocycles. The van der Waals surface area contributed by atoms with E-state index in [1.54, 1.807) is 0 Å². The fraction of sp³-hybridized carbons (Fsp3) is 0.750. The zero-order valence-corrected chi connectivity index (χ0v) is 14.7. The highest BCUT2D eigenvalue weighted by Gasteiger charge is 2.32. The van der Waals surface area contributed by atoms with Gasteiger partial charge in [-0.15, -0.1) is 11.3 Å². The van der Waals surface area contributed by atoms with E-state index in [0.717, 1.165) is 18.4 Å². The normalized spacial score (nSPS) is 25.5. The quantitative estimate of drug-likeness (QED) is 0.724. The predicted molar refractivity (Wildman–Crippen MR) is 88.9 cm³/mol. The average molecular weight is 344 g/mol. The molecule has 0 spiro atoms. The Bertz CT molecular complexity index is 382. The molecule has 0 bridgehead atoms. The molecular formula is C16H26BrNS. The molecular weight excluding hydrogens is 318 g/mol. The lowest BCUT2D eigenvalue weighted by atomic mass is 9.73. The maximum Gasteiger partial charge on any atom is 0.0731 e. The predicted octanol–water partition coefficient (Wildman–Crippen LogP) is 5.69. The van der Waals surface area contributed by atoms with Crippen molar-refractivity contribution in [3.05, 3.63) is 20.3 Å². The van der Waals surface area contributed by atoms with Crippen LogP contribution in [0.5, 0.6) is 0 Å². The van der Waals surface area contributed by atoms with Crippen LogP contribution in [0.4, 0.5) is 0 Å². The zero-order valence-electron chi connectivity index (χ0n) is 12.3. The highest BCUT2D eigenvalue weighted by molar-refractivity contribution is 9.11. The molecule has 1 fully saturated rings. The van der Waals surface area contributed by atoms with Crippen LogP contribution >= 0.6 is 27.3 Å². The summed E-state index contributed by atoms with van der Waals surface area (Å²) in [6.07, 6.45) is 6.99. The molecule has 0 aromatic carbocycles. The molecule has 1 saturated carbocycles. The molecule has 1 nitrogen and oxygen atoms in total. The van der Waals surface area contributed by atoms with E-state index in [-0.39, 0.29) is 0 Å². The minimum Gasteiger partial charge on any atom is -0.309 e. The topological polar surface area (TPSA) is 12.0 Å². The fourth-order valence-electron chi connectivity index (χ4n) is 3.50. The van der Waals surface area contributed by atoms with Crippen molar-refractivity contribution in [1.82, 2.24) is 5.32 Å². The molecule has 3 atom stereocenters. The first kappa shape index (κ1) is 15.5. The molecule has 19 heavy (non-hydrogen) atoms. The van der Waals surface area contributed by atoms with Crippen LogP contribution in [0.15, 0.2) is 9.85 Å². The van der Waals surface area contributed by atoms with Gasteiger partial charge in [0.25, 0.3) is 0 Å². The van der Waals surface area contributed by atoms with Crippen LogP contribution in [0.3, 0.4) is 0 Å². The second kappa shape index (κ2) is 7.24. The molecule has 1 heterocycles. The van der Waals surface area contributed by atoms with Crippen molar-refractivity contribution >= 4 is 27.3 Å². The Labute approximate surface area is 130 Å². The van der Waals surface area contributed by atoms with Crippen LogP contribution in [0.25, 0.3) is 0 Å². The lowest BCUT2D eigenvalue weighted by Gasteiger charge is -2.37. The van der Waals surface area contributed by atoms with Crippen molar-refractivity contribution < 1.29 is 0 Å². The van der Waals surface area contributed by atoms with Crippen LogP contribution in [0.2, 0.25) is 0 Å². The lowest BCUT2D eigenvalue weighted by molar-refractivity contribution is 0.178. The lowest BCUT2D eigenvalue weighted by Crippen LogP contribution is -2.33. The second-order valence-electron chi connectivity index (χ2n) is 5.76. The first-order valence-electron chi connectivity index (χ1n) is 7.66. The summed E-state index contributed by atoms with van der Waals surface area (Å²) in [6.45, 7) is 7.85. The van der Waals surface area contributed by atoms with Gasteiger partial charge in [0.2, 0.25) is 0 Å². The summed E-state index contributed by atoms with van der Waals surface area (Å²) < 4.78 is 1.30. The Hall–Kier alpha value is 0.140. The van der Waals surface area contributed by atoms with Crippen molar-refractivity contribution in [3.63, 3.8) is 0 Å². The molecule has 3 unspecified atom stereocenters. The van der Waals surface area contributed by atoms with Gasteiger partial charge >= 0.3 is 0 Å². The summed E-state index contributed by atoms with van der Waals surface area (Å²) in [5.41, 5.74) is 1.38. The number of thiophene rings is 1. The van der Waals surface area contributed by atoms with Gasteiger partial charge in [0, 0.05) is 10.9 Å². The molecule has 0 saturated heterocycles. The molecule has 108 valence electrons. The number of rotatable bonds is 5. The van der Waals surface area contributed by atoms with Gasteiger partial charge in [0.1, 0.15) is 0 Å². The van der Waals surface area contributed by atoms with Crippen LogP contribution in [-0.2, 0) is 0 Å². The van der Waals surface area contributed by atoms with Gasteiger partial charge in [-0.3, -0.25) is 0 Å². The average Bonchev–Trinajstić information content (AvgIpc) is 2.76. The smallest absolute Gasteiger partial charge is 0.0731 e. The zero-order chi connectivity index (χ0) is 13.8. The molecule has 1 aromatic rings. The van der Waals surface area contributed by atoms with Gasteiger partial charge in [-0.1, -0.05) is 39.5 Å². The summed E-state index contributed by atoms with van der Waals surface area (Å²) in [4.78, 5) is 1.52. The van der Waals surface area contributed by atoms with E-state index >= 15 is 0 Å². The van der Waals surface area contributed by atoms with Gasteiger partial charge in [0.05, 0.1) is 3.79 Å². The van der Waals surface area contributed by atoms with Gasteiger partial charge in [-0.25, -0.2) is 0 Å². The van der Waals surface area contributed by atoms with E-state index in [4.69, 9.17) is 0 Å². The van der Waals surface area contributed by atoms with Crippen molar-refractivity contribution in [2.45, 2.75) is 58.9 Å². The maximum absolute atomic E-state index is 3.76. The van der Waals surface area contributed by atoms with E-state index in [0.29, 0.717) is 6.04 Å². The number of aryl methyl sites for hydroxylation is 1. The third-order valence-corrected chi connectivity index (χ3v) is 6.75. The third kappa shape index (κ3) is 3.62. The highest BCUT2D eigenvalue weighted by atomic mass is 79.9. The molecule has 2 rings (SSSR count). The van der Waals surface area contributed by atoms with Crippen molar-refractivity contribution in [1.29, 1.82) is 0 Å². The highest BCUT2D eigenvalue weighted by Crippen LogP contribution is 2.43. The monoisotopic (exact) mass is 343 g/mol. The van der Waals surface area contributed by atoms with Crippen molar-refractivity contribution in [3.8, 4) is 0 Å². The van der Waals surface area contributed by atoms with Crippen molar-refractivity contribution in [2.75, 3.05) is 6.54 Å². The molecule has 1 aliphatic carbocycles. The third-order valence-electron chi connectivity index (χ3n) is 4.53. The molecule has 1 N–H and O–H groups in total. The molecule has 1 aliphatic rings. The SMILES string of the molecule is CCNC(c1cc(C)c(Br)s1)C1CCCCC1CC. The summed E-state index contributed by atoms with van der Waals surface area (Å²) in [6, 6.07) is 2.94. The summed E-state index contributed by atoms with van der Waals surface area (Å²) in [7, 11) is 0. The van der Waals surface area contributed by atoms with Gasteiger partial charge in [-0.2, -0.15) is 0 Å². The molecule has 0 aliphatic heterocycles. The molecule has 0 amide bonds. The summed E-state index contributed by atoms with van der Waals surface area (Å²) in [5.74, 6) is 1.72. The Balaban J connectivity index is 2.22. The first-order chi connectivity index (χ1) is 9.17.